The molecule has 15 heavy (non-hydrogen) atoms. The van der Waals surface area contributed by atoms with E-state index in [9.17, 15) is 0 Å². The van der Waals surface area contributed by atoms with E-state index in [1.165, 1.54) is 0 Å². The van der Waals surface area contributed by atoms with E-state index >= 15 is 0 Å². The molecule has 0 bridgehead atoms. The van der Waals surface area contributed by atoms with Crippen LogP contribution in [0.5, 0.6) is 0 Å². The average molecular weight is 254 g/mol. The maximum absolute atomic E-state index is 5.87. The number of hydrogen-bond donors (Lipinski definition) is 2. The van der Waals surface area contributed by atoms with E-state index in [-0.39, 0.29) is 0 Å². The summed E-state index contributed by atoms with van der Waals surface area (Å²) in [6.45, 7) is 4.24. The second-order valence-corrected chi connectivity index (χ2v) is 9.99. The van der Waals surface area contributed by atoms with Gasteiger partial charge in [-0.25, -0.2) is 0 Å². The molecule has 92 valence electrons. The minimum atomic E-state index is -2.68. The lowest BCUT2D eigenvalue weighted by Crippen LogP contribution is -2.59. The topological polar surface area (TPSA) is 75.0 Å². The summed E-state index contributed by atoms with van der Waals surface area (Å²) in [5, 5.41) is 2.97. The molecule has 0 fully saturated rings. The highest BCUT2D eigenvalue weighted by molar-refractivity contribution is 6.77. The molecule has 0 amide bonds. The van der Waals surface area contributed by atoms with Gasteiger partial charge in [-0.2, -0.15) is 0 Å². The van der Waals surface area contributed by atoms with Crippen molar-refractivity contribution < 1.29 is 17.4 Å². The van der Waals surface area contributed by atoms with Crippen molar-refractivity contribution in [2.75, 3.05) is 34.2 Å². The lowest BCUT2D eigenvalue weighted by atomic mass is 11.1. The first-order valence-electron chi connectivity index (χ1n) is 4.71. The Morgan fingerprint density at radius 1 is 1.07 bits per heavy atom. The molecular formula is C7H22N2O4Si2. The summed E-state index contributed by atoms with van der Waals surface area (Å²) in [4.78, 5) is 0. The van der Waals surface area contributed by atoms with Crippen molar-refractivity contribution in [3.05, 3.63) is 0 Å². The van der Waals surface area contributed by atoms with Crippen LogP contribution in [0.15, 0.2) is 0 Å². The number of rotatable bonds is 8. The van der Waals surface area contributed by atoms with E-state index in [1.54, 1.807) is 21.3 Å². The highest BCUT2D eigenvalue weighted by Gasteiger charge is 2.45. The highest BCUT2D eigenvalue weighted by atomic mass is 28.5. The summed E-state index contributed by atoms with van der Waals surface area (Å²) in [5.41, 5.74) is 5.37. The average Bonchev–Trinajstić information content (AvgIpc) is 2.24. The first-order valence-corrected chi connectivity index (χ1v) is 9.46. The molecule has 0 saturated heterocycles. The third-order valence-corrected chi connectivity index (χ3v) is 8.12. The van der Waals surface area contributed by atoms with Crippen molar-refractivity contribution >= 4 is 17.4 Å². The van der Waals surface area contributed by atoms with Crippen LogP contribution in [-0.4, -0.2) is 51.5 Å². The summed E-state index contributed by atoms with van der Waals surface area (Å²) < 4.78 is 21.9. The molecule has 0 heterocycles. The van der Waals surface area contributed by atoms with Crippen LogP contribution >= 0.6 is 0 Å². The Labute approximate surface area is 93.7 Å². The van der Waals surface area contributed by atoms with Crippen LogP contribution in [-0.2, 0) is 17.4 Å². The molecule has 0 unspecified atom stereocenters. The van der Waals surface area contributed by atoms with E-state index in [2.05, 4.69) is 5.32 Å². The fourth-order valence-corrected chi connectivity index (χ4v) is 6.18. The molecule has 0 rings (SSSR count). The first-order chi connectivity index (χ1) is 6.95. The van der Waals surface area contributed by atoms with Gasteiger partial charge in [0.1, 0.15) is 0 Å². The quantitative estimate of drug-likeness (QED) is 0.455. The summed E-state index contributed by atoms with van der Waals surface area (Å²) in [7, 11) is -0.0620. The second-order valence-electron chi connectivity index (χ2n) is 3.43. The van der Waals surface area contributed by atoms with Crippen LogP contribution in [0.2, 0.25) is 13.1 Å². The standard InChI is InChI=1S/C7H22N2O4Si2/c1-10-14(4,5)13-15(11-2,12-3)7-9-6-8/h9H,6-8H2,1-5H3. The molecule has 0 aromatic carbocycles. The van der Waals surface area contributed by atoms with Crippen LogP contribution in [0.1, 0.15) is 0 Å². The molecule has 0 aliphatic carbocycles. The van der Waals surface area contributed by atoms with Crippen molar-refractivity contribution in [3.8, 4) is 0 Å². The van der Waals surface area contributed by atoms with Crippen molar-refractivity contribution in [2.24, 2.45) is 5.73 Å². The molecule has 0 spiro atoms. The largest absolute Gasteiger partial charge is 0.506 e. The molecule has 0 radical (unpaired) electrons. The second kappa shape index (κ2) is 6.71. The Morgan fingerprint density at radius 3 is 1.93 bits per heavy atom. The smallest absolute Gasteiger partial charge is 0.398 e. The first kappa shape index (κ1) is 15.2. The van der Waals surface area contributed by atoms with Gasteiger partial charge in [-0.05, 0) is 13.1 Å². The SMILES string of the molecule is CO[Si](C)(C)O[Si](CNCN)(OC)OC. The molecule has 6 nitrogen and oxygen atoms in total. The lowest BCUT2D eigenvalue weighted by molar-refractivity contribution is 0.136. The number of nitrogens with one attached hydrogen (secondary N) is 1. The Kier molecular flexibility index (Phi) is 6.79. The molecular weight excluding hydrogens is 232 g/mol. The van der Waals surface area contributed by atoms with Gasteiger partial charge in [0.2, 0.25) is 0 Å². The molecule has 0 aromatic rings. The Balaban J connectivity index is 4.48. The molecule has 8 heteroatoms. The monoisotopic (exact) mass is 254 g/mol. The highest BCUT2D eigenvalue weighted by Crippen LogP contribution is 2.15. The summed E-state index contributed by atoms with van der Waals surface area (Å²) in [5.74, 6) is 0. The lowest BCUT2D eigenvalue weighted by Gasteiger charge is -2.33. The predicted octanol–water partition coefficient (Wildman–Crippen LogP) is -0.372. The van der Waals surface area contributed by atoms with Gasteiger partial charge in [0.15, 0.2) is 0 Å². The van der Waals surface area contributed by atoms with Crippen LogP contribution in [0, 0.1) is 0 Å². The van der Waals surface area contributed by atoms with E-state index in [0.717, 1.165) is 0 Å². The Hall–Kier alpha value is 0.194. The van der Waals surface area contributed by atoms with Crippen molar-refractivity contribution in [1.82, 2.24) is 5.32 Å². The maximum atomic E-state index is 5.87. The fourth-order valence-electron chi connectivity index (χ4n) is 0.989. The van der Waals surface area contributed by atoms with E-state index in [4.69, 9.17) is 23.1 Å². The fraction of sp³-hybridized carbons (Fsp3) is 1.00. The van der Waals surface area contributed by atoms with Gasteiger partial charge in [-0.15, -0.1) is 0 Å². The van der Waals surface area contributed by atoms with Gasteiger partial charge in [-0.1, -0.05) is 0 Å². The van der Waals surface area contributed by atoms with Gasteiger partial charge in [0.05, 0.1) is 6.17 Å². The van der Waals surface area contributed by atoms with Gasteiger partial charge in [0.25, 0.3) is 0 Å². The molecule has 0 atom stereocenters. The van der Waals surface area contributed by atoms with Crippen LogP contribution in [0.3, 0.4) is 0 Å². The van der Waals surface area contributed by atoms with Gasteiger partial charge in [0, 0.05) is 28.0 Å². The molecule has 3 N–H and O–H groups in total. The zero-order valence-electron chi connectivity index (χ0n) is 10.1. The Bertz CT molecular complexity index is 178. The normalized spacial score (nSPS) is 13.2. The minimum Gasteiger partial charge on any atom is -0.398 e. The van der Waals surface area contributed by atoms with Crippen LogP contribution in [0.25, 0.3) is 0 Å². The van der Waals surface area contributed by atoms with Crippen molar-refractivity contribution in [2.45, 2.75) is 13.1 Å². The number of nitrogens with two attached hydrogens (primary N) is 1. The van der Waals surface area contributed by atoms with Gasteiger partial charge < -0.3 is 28.4 Å². The predicted molar refractivity (Wildman–Crippen MR) is 62.4 cm³/mol. The Morgan fingerprint density at radius 2 is 1.60 bits per heavy atom. The van der Waals surface area contributed by atoms with Crippen LogP contribution in [0.4, 0.5) is 0 Å². The zero-order chi connectivity index (χ0) is 11.9. The van der Waals surface area contributed by atoms with E-state index < -0.39 is 17.4 Å². The van der Waals surface area contributed by atoms with E-state index in [0.29, 0.717) is 12.8 Å². The van der Waals surface area contributed by atoms with Gasteiger partial charge in [-0.3, -0.25) is 0 Å². The zero-order valence-corrected chi connectivity index (χ0v) is 12.1. The minimum absolute atomic E-state index is 0.361. The molecule has 0 aliphatic heterocycles. The van der Waals surface area contributed by atoms with Crippen molar-refractivity contribution in [1.29, 1.82) is 0 Å². The van der Waals surface area contributed by atoms with E-state index in [1.807, 2.05) is 13.1 Å². The van der Waals surface area contributed by atoms with Crippen molar-refractivity contribution in [3.63, 3.8) is 0 Å². The molecule has 0 aromatic heterocycles. The molecule has 0 aliphatic rings. The summed E-state index contributed by atoms with van der Waals surface area (Å²) in [6, 6.07) is 0. The maximum Gasteiger partial charge on any atom is 0.506 e. The third-order valence-electron chi connectivity index (χ3n) is 2.00. The third kappa shape index (κ3) is 5.18. The molecule has 0 saturated carbocycles. The van der Waals surface area contributed by atoms with Gasteiger partial charge >= 0.3 is 17.4 Å². The van der Waals surface area contributed by atoms with Crippen LogP contribution < -0.4 is 11.1 Å². The summed E-state index contributed by atoms with van der Waals surface area (Å²) >= 11 is 0. The summed E-state index contributed by atoms with van der Waals surface area (Å²) in [6.07, 6.45) is 0.482. The number of hydrogen-bond acceptors (Lipinski definition) is 6.